The van der Waals surface area contributed by atoms with Gasteiger partial charge in [-0.15, -0.1) is 0 Å². The number of hydrogen-bond donors (Lipinski definition) is 1. The predicted molar refractivity (Wildman–Crippen MR) is 140 cm³/mol. The number of nitrogens with zero attached hydrogens (tertiary/aromatic N) is 3. The molecule has 0 spiro atoms. The maximum absolute atomic E-state index is 12.5. The van der Waals surface area contributed by atoms with Gasteiger partial charge >= 0.3 is 11.9 Å². The van der Waals surface area contributed by atoms with E-state index in [1.807, 2.05) is 0 Å². The Morgan fingerprint density at radius 2 is 1.52 bits per heavy atom. The lowest BCUT2D eigenvalue weighted by Crippen LogP contribution is -2.43. The molecule has 1 aliphatic heterocycles. The SMILES string of the molecule is O=C(COC(=O)[C@H]1CC(=O)N(NC(=O)c2ccccc2[N+](=O)[O-])C1)c1ccc(OC(=O)c2ccc([N+](=O)[O-])cc2)cc1. The molecular formula is C27H20N4O11. The molecule has 1 saturated heterocycles. The highest BCUT2D eigenvalue weighted by Gasteiger charge is 2.37. The lowest BCUT2D eigenvalue weighted by molar-refractivity contribution is -0.385. The van der Waals surface area contributed by atoms with E-state index in [-0.39, 0.29) is 41.1 Å². The van der Waals surface area contributed by atoms with E-state index in [2.05, 4.69) is 5.43 Å². The van der Waals surface area contributed by atoms with Crippen molar-refractivity contribution >= 4 is 40.9 Å². The van der Waals surface area contributed by atoms with E-state index >= 15 is 0 Å². The van der Waals surface area contributed by atoms with E-state index in [0.29, 0.717) is 0 Å². The zero-order chi connectivity index (χ0) is 30.4. The second kappa shape index (κ2) is 12.5. The molecule has 1 atom stereocenters. The largest absolute Gasteiger partial charge is 0.457 e. The standard InChI is InChI=1S/C27H20N4O11/c32-23(16-7-11-20(12-8-16)42-27(36)17-5-9-19(10-6-17)30(37)38)15-41-26(35)18-13-24(33)29(14-18)28-25(34)21-3-1-2-4-22(21)31(39)40/h1-12,18H,13-15H2,(H,28,34)/t18-/m0/s1. The molecule has 1 heterocycles. The van der Waals surface area contributed by atoms with Crippen LogP contribution in [0.25, 0.3) is 0 Å². The fraction of sp³-hybridized carbons (Fsp3) is 0.148. The highest BCUT2D eigenvalue weighted by atomic mass is 16.6. The van der Waals surface area contributed by atoms with Crippen LogP contribution in [0.3, 0.4) is 0 Å². The number of esters is 2. The van der Waals surface area contributed by atoms with Gasteiger partial charge in [0.15, 0.2) is 12.4 Å². The summed E-state index contributed by atoms with van der Waals surface area (Å²) in [6.07, 6.45) is -0.307. The average molecular weight is 576 g/mol. The van der Waals surface area contributed by atoms with Crippen molar-refractivity contribution in [3.8, 4) is 5.75 Å². The molecular weight excluding hydrogens is 556 g/mol. The van der Waals surface area contributed by atoms with E-state index < -0.39 is 57.6 Å². The third-order valence-electron chi connectivity index (χ3n) is 6.09. The van der Waals surface area contributed by atoms with Crippen LogP contribution in [0.2, 0.25) is 0 Å². The van der Waals surface area contributed by atoms with Crippen molar-refractivity contribution in [3.05, 3.63) is 110 Å². The third kappa shape index (κ3) is 6.77. The number of carbonyl (C=O) groups excluding carboxylic acids is 5. The Morgan fingerprint density at radius 3 is 2.17 bits per heavy atom. The number of nitro benzene ring substituents is 2. The molecule has 4 rings (SSSR count). The van der Waals surface area contributed by atoms with Gasteiger partial charge in [-0.25, -0.2) is 4.79 Å². The van der Waals surface area contributed by atoms with Crippen LogP contribution < -0.4 is 10.2 Å². The number of hydrazine groups is 1. The van der Waals surface area contributed by atoms with Crippen molar-refractivity contribution in [1.29, 1.82) is 0 Å². The van der Waals surface area contributed by atoms with Crippen molar-refractivity contribution in [2.45, 2.75) is 6.42 Å². The minimum Gasteiger partial charge on any atom is -0.457 e. The summed E-state index contributed by atoms with van der Waals surface area (Å²) in [6, 6.07) is 15.3. The van der Waals surface area contributed by atoms with Gasteiger partial charge in [0.2, 0.25) is 5.91 Å². The van der Waals surface area contributed by atoms with Crippen LogP contribution >= 0.6 is 0 Å². The van der Waals surface area contributed by atoms with Gasteiger partial charge < -0.3 is 9.47 Å². The lowest BCUT2D eigenvalue weighted by atomic mass is 10.1. The molecule has 3 aromatic carbocycles. The van der Waals surface area contributed by atoms with Gasteiger partial charge in [0.25, 0.3) is 17.3 Å². The Bertz CT molecular complexity index is 1590. The fourth-order valence-electron chi connectivity index (χ4n) is 3.91. The van der Waals surface area contributed by atoms with E-state index in [9.17, 15) is 44.2 Å². The van der Waals surface area contributed by atoms with Gasteiger partial charge in [-0.2, -0.15) is 0 Å². The van der Waals surface area contributed by atoms with Crippen LogP contribution in [0, 0.1) is 26.1 Å². The van der Waals surface area contributed by atoms with Gasteiger partial charge in [-0.1, -0.05) is 12.1 Å². The number of nitro groups is 2. The topological polar surface area (TPSA) is 205 Å². The van der Waals surface area contributed by atoms with Crippen LogP contribution in [0.4, 0.5) is 11.4 Å². The lowest BCUT2D eigenvalue weighted by Gasteiger charge is -2.17. The molecule has 1 N–H and O–H groups in total. The fourth-order valence-corrected chi connectivity index (χ4v) is 3.91. The Balaban J connectivity index is 1.27. The first-order valence-corrected chi connectivity index (χ1v) is 12.1. The molecule has 3 aromatic rings. The van der Waals surface area contributed by atoms with Crippen LogP contribution in [-0.2, 0) is 14.3 Å². The molecule has 0 aromatic heterocycles. The normalized spacial score (nSPS) is 14.1. The number of benzene rings is 3. The van der Waals surface area contributed by atoms with Crippen LogP contribution in [0.5, 0.6) is 5.75 Å². The molecule has 2 amide bonds. The van der Waals surface area contributed by atoms with Crippen LogP contribution in [0.15, 0.2) is 72.8 Å². The number of ether oxygens (including phenoxy) is 2. The van der Waals surface area contributed by atoms with Crippen molar-refractivity contribution in [2.75, 3.05) is 13.2 Å². The minimum atomic E-state index is -0.988. The summed E-state index contributed by atoms with van der Waals surface area (Å²) < 4.78 is 10.2. The monoisotopic (exact) mass is 576 g/mol. The summed E-state index contributed by atoms with van der Waals surface area (Å²) in [5.41, 5.74) is 1.57. The van der Waals surface area contributed by atoms with E-state index in [0.717, 1.165) is 23.2 Å². The second-order valence-electron chi connectivity index (χ2n) is 8.87. The summed E-state index contributed by atoms with van der Waals surface area (Å²) in [7, 11) is 0. The number of amides is 2. The highest BCUT2D eigenvalue weighted by molar-refractivity contribution is 6.00. The Labute approximate surface area is 235 Å². The number of ketones is 1. The molecule has 1 fully saturated rings. The zero-order valence-corrected chi connectivity index (χ0v) is 21.5. The highest BCUT2D eigenvalue weighted by Crippen LogP contribution is 2.21. The Kier molecular flexibility index (Phi) is 8.60. The first-order chi connectivity index (χ1) is 20.0. The van der Waals surface area contributed by atoms with Crippen molar-refractivity contribution in [1.82, 2.24) is 10.4 Å². The Morgan fingerprint density at radius 1 is 0.881 bits per heavy atom. The number of non-ortho nitro benzene ring substituents is 1. The Hall–Kier alpha value is -5.99. The third-order valence-corrected chi connectivity index (χ3v) is 6.09. The molecule has 0 unspecified atom stereocenters. The summed E-state index contributed by atoms with van der Waals surface area (Å²) in [5.74, 6) is -4.61. The molecule has 15 heteroatoms. The number of nitrogens with one attached hydrogen (secondary N) is 1. The molecule has 0 aliphatic carbocycles. The molecule has 15 nitrogen and oxygen atoms in total. The maximum Gasteiger partial charge on any atom is 0.343 e. The summed E-state index contributed by atoms with van der Waals surface area (Å²) >= 11 is 0. The first-order valence-electron chi connectivity index (χ1n) is 12.1. The number of carbonyl (C=O) groups is 5. The van der Waals surface area contributed by atoms with Gasteiger partial charge in [0.1, 0.15) is 11.3 Å². The van der Waals surface area contributed by atoms with Crippen LogP contribution in [0.1, 0.15) is 37.5 Å². The first kappa shape index (κ1) is 29.0. The molecule has 0 bridgehead atoms. The van der Waals surface area contributed by atoms with Gasteiger partial charge in [-0.3, -0.25) is 49.8 Å². The van der Waals surface area contributed by atoms with Crippen LogP contribution in [-0.4, -0.2) is 57.5 Å². The van der Waals surface area contributed by atoms with Gasteiger partial charge in [0, 0.05) is 30.2 Å². The number of rotatable bonds is 10. The van der Waals surface area contributed by atoms with Gasteiger partial charge in [-0.05, 0) is 42.5 Å². The average Bonchev–Trinajstić information content (AvgIpc) is 3.35. The van der Waals surface area contributed by atoms with Gasteiger partial charge in [0.05, 0.1) is 27.9 Å². The van der Waals surface area contributed by atoms with E-state index in [1.165, 1.54) is 54.6 Å². The molecule has 42 heavy (non-hydrogen) atoms. The predicted octanol–water partition coefficient (Wildman–Crippen LogP) is 2.64. The smallest absolute Gasteiger partial charge is 0.343 e. The molecule has 214 valence electrons. The number of para-hydroxylation sites is 1. The van der Waals surface area contributed by atoms with Crippen molar-refractivity contribution < 1.29 is 43.3 Å². The second-order valence-corrected chi connectivity index (χ2v) is 8.87. The van der Waals surface area contributed by atoms with Crippen molar-refractivity contribution in [3.63, 3.8) is 0 Å². The number of Topliss-reactive ketones (excluding diaryl/α,β-unsaturated/α-hetero) is 1. The van der Waals surface area contributed by atoms with E-state index in [1.54, 1.807) is 0 Å². The maximum atomic E-state index is 12.5. The molecule has 0 radical (unpaired) electrons. The summed E-state index contributed by atoms with van der Waals surface area (Å²) in [6.45, 7) is -0.902. The number of hydrogen-bond acceptors (Lipinski definition) is 11. The molecule has 1 aliphatic rings. The van der Waals surface area contributed by atoms with Crippen molar-refractivity contribution in [2.24, 2.45) is 5.92 Å². The zero-order valence-electron chi connectivity index (χ0n) is 21.5. The minimum absolute atomic E-state index is 0.0811. The summed E-state index contributed by atoms with van der Waals surface area (Å²) in [5, 5.41) is 22.8. The molecule has 0 saturated carbocycles. The van der Waals surface area contributed by atoms with E-state index in [4.69, 9.17) is 9.47 Å². The quantitative estimate of drug-likeness (QED) is 0.122. The summed E-state index contributed by atoms with van der Waals surface area (Å²) in [4.78, 5) is 82.6.